The highest BCUT2D eigenvalue weighted by Crippen LogP contribution is 1.94. The Morgan fingerprint density at radius 1 is 0.857 bits per heavy atom. The molecular weight excluding hydrogens is 231 g/mol. The van der Waals surface area contributed by atoms with Gasteiger partial charge in [-0.25, -0.2) is 0 Å². The molecule has 0 bridgehead atoms. The highest BCUT2D eigenvalue weighted by molar-refractivity contribution is 6.26. The molecule has 0 saturated carbocycles. The zero-order chi connectivity index (χ0) is 10.8. The number of unbranched alkanes of at least 4 members (excludes halogenated alkanes) is 1. The van der Waals surface area contributed by atoms with Crippen molar-refractivity contribution in [2.75, 3.05) is 25.0 Å². The highest BCUT2D eigenvalue weighted by atomic mass is 35.5. The predicted octanol–water partition coefficient (Wildman–Crippen LogP) is 1.33. The zero-order valence-electron chi connectivity index (χ0n) is 7.63. The number of rotatable bonds is 7. The topological polar surface area (TPSA) is 52.6 Å². The monoisotopic (exact) mass is 242 g/mol. The van der Waals surface area contributed by atoms with Gasteiger partial charge in [-0.3, -0.25) is 9.59 Å². The molecule has 0 rings (SSSR count). The second-order valence-corrected chi connectivity index (χ2v) is 2.95. The van der Waals surface area contributed by atoms with Gasteiger partial charge in [-0.1, -0.05) is 0 Å². The minimum absolute atomic E-state index is 0.138. The van der Waals surface area contributed by atoms with E-state index in [0.717, 1.165) is 0 Å². The molecule has 0 aromatic carbocycles. The lowest BCUT2D eigenvalue weighted by atomic mass is 10.3. The summed E-state index contributed by atoms with van der Waals surface area (Å²) in [5.74, 6) is -1.16. The number of ether oxygens (including phenoxy) is 2. The summed E-state index contributed by atoms with van der Waals surface area (Å²) in [7, 11) is 0. The zero-order valence-corrected chi connectivity index (χ0v) is 9.14. The van der Waals surface area contributed by atoms with E-state index in [2.05, 4.69) is 9.47 Å². The van der Waals surface area contributed by atoms with Crippen LogP contribution in [-0.2, 0) is 19.1 Å². The van der Waals surface area contributed by atoms with Crippen molar-refractivity contribution in [1.29, 1.82) is 0 Å². The summed E-state index contributed by atoms with van der Waals surface area (Å²) in [6, 6.07) is 0. The maximum Gasteiger partial charge on any atom is 0.320 e. The van der Waals surface area contributed by atoms with E-state index in [1.54, 1.807) is 0 Å². The van der Waals surface area contributed by atoms with E-state index in [1.165, 1.54) is 0 Å². The molecule has 0 aliphatic heterocycles. The highest BCUT2D eigenvalue weighted by Gasteiger charge is 2.00. The Hall–Kier alpha value is -0.480. The van der Waals surface area contributed by atoms with E-state index < -0.39 is 11.9 Å². The van der Waals surface area contributed by atoms with Crippen LogP contribution >= 0.6 is 23.2 Å². The first-order valence-corrected chi connectivity index (χ1v) is 5.20. The van der Waals surface area contributed by atoms with Crippen molar-refractivity contribution in [2.45, 2.75) is 12.8 Å². The first-order valence-electron chi connectivity index (χ1n) is 4.14. The van der Waals surface area contributed by atoms with Crippen LogP contribution in [0.4, 0.5) is 0 Å². The minimum atomic E-state index is -0.440. The Morgan fingerprint density at radius 3 is 1.50 bits per heavy atom. The van der Waals surface area contributed by atoms with Gasteiger partial charge in [0.1, 0.15) is 11.8 Å². The van der Waals surface area contributed by atoms with Crippen LogP contribution in [0.1, 0.15) is 12.8 Å². The normalized spacial score (nSPS) is 9.57. The van der Waals surface area contributed by atoms with Crippen molar-refractivity contribution in [3.8, 4) is 0 Å². The molecule has 6 heteroatoms. The van der Waals surface area contributed by atoms with Crippen LogP contribution in [-0.4, -0.2) is 36.9 Å². The molecule has 0 amide bonds. The van der Waals surface area contributed by atoms with Gasteiger partial charge < -0.3 is 9.47 Å². The standard InChI is InChI=1S/C8H12Cl2O4/c9-5-7(11)13-3-1-2-4-14-8(12)6-10/h1-6H2. The number of carbonyl (C=O) groups excluding carboxylic acids is 2. The molecule has 0 N–H and O–H groups in total. The molecule has 0 heterocycles. The third-order valence-corrected chi connectivity index (χ3v) is 1.72. The molecule has 4 nitrogen and oxygen atoms in total. The van der Waals surface area contributed by atoms with E-state index >= 15 is 0 Å². The number of halogens is 2. The van der Waals surface area contributed by atoms with Gasteiger partial charge in [-0.2, -0.15) is 0 Å². The average Bonchev–Trinajstić information content (AvgIpc) is 2.22. The predicted molar refractivity (Wildman–Crippen MR) is 52.6 cm³/mol. The number of hydrogen-bond donors (Lipinski definition) is 0. The molecule has 14 heavy (non-hydrogen) atoms. The number of alkyl halides is 2. The first-order chi connectivity index (χ1) is 6.70. The molecule has 0 aromatic heterocycles. The molecule has 0 atom stereocenters. The fourth-order valence-electron chi connectivity index (χ4n) is 0.653. The number of carbonyl (C=O) groups is 2. The van der Waals surface area contributed by atoms with Gasteiger partial charge in [0.2, 0.25) is 0 Å². The quantitative estimate of drug-likeness (QED) is 0.384. The molecule has 0 aliphatic carbocycles. The second kappa shape index (κ2) is 9.09. The third kappa shape index (κ3) is 8.13. The number of esters is 2. The summed E-state index contributed by atoms with van der Waals surface area (Å²) in [5, 5.41) is 0. The Bertz CT molecular complexity index is 164. The molecule has 0 aromatic rings. The smallest absolute Gasteiger partial charge is 0.320 e. The lowest BCUT2D eigenvalue weighted by molar-refractivity contribution is -0.143. The summed E-state index contributed by atoms with van der Waals surface area (Å²) in [5.41, 5.74) is 0. The van der Waals surface area contributed by atoms with Crippen molar-refractivity contribution < 1.29 is 19.1 Å². The molecule has 82 valence electrons. The summed E-state index contributed by atoms with van der Waals surface area (Å²) < 4.78 is 9.37. The average molecular weight is 243 g/mol. The van der Waals surface area contributed by atoms with Gasteiger partial charge in [0.05, 0.1) is 13.2 Å². The Labute approximate surface area is 92.5 Å². The van der Waals surface area contributed by atoms with Crippen LogP contribution in [0.15, 0.2) is 0 Å². The second-order valence-electron chi connectivity index (χ2n) is 2.42. The maximum atomic E-state index is 10.5. The Balaban J connectivity index is 3.14. The largest absolute Gasteiger partial charge is 0.465 e. The summed E-state index contributed by atoms with van der Waals surface area (Å²) in [6.45, 7) is 0.591. The van der Waals surface area contributed by atoms with Gasteiger partial charge in [-0.15, -0.1) is 23.2 Å². The summed E-state index contributed by atoms with van der Waals surface area (Å²) in [4.78, 5) is 21.1. The summed E-state index contributed by atoms with van der Waals surface area (Å²) >= 11 is 10.4. The Kier molecular flexibility index (Phi) is 8.78. The SMILES string of the molecule is O=C(CCl)OCCCCOC(=O)CCl. The maximum absolute atomic E-state index is 10.5. The van der Waals surface area contributed by atoms with Crippen LogP contribution in [0.2, 0.25) is 0 Å². The van der Waals surface area contributed by atoms with E-state index in [9.17, 15) is 9.59 Å². The van der Waals surface area contributed by atoms with E-state index in [4.69, 9.17) is 23.2 Å². The van der Waals surface area contributed by atoms with Crippen LogP contribution in [0.3, 0.4) is 0 Å². The fourth-order valence-corrected chi connectivity index (χ4v) is 0.808. The van der Waals surface area contributed by atoms with Crippen LogP contribution in [0, 0.1) is 0 Å². The molecule has 0 radical (unpaired) electrons. The number of hydrogen-bond acceptors (Lipinski definition) is 4. The lowest BCUT2D eigenvalue weighted by Crippen LogP contribution is -2.09. The van der Waals surface area contributed by atoms with E-state index in [0.29, 0.717) is 26.1 Å². The molecule has 0 aliphatic rings. The minimum Gasteiger partial charge on any atom is -0.465 e. The van der Waals surface area contributed by atoms with Gasteiger partial charge >= 0.3 is 11.9 Å². The fraction of sp³-hybridized carbons (Fsp3) is 0.750. The van der Waals surface area contributed by atoms with Gasteiger partial charge in [0.25, 0.3) is 0 Å². The van der Waals surface area contributed by atoms with Crippen LogP contribution < -0.4 is 0 Å². The first kappa shape index (κ1) is 13.5. The van der Waals surface area contributed by atoms with E-state index in [-0.39, 0.29) is 11.8 Å². The lowest BCUT2D eigenvalue weighted by Gasteiger charge is -2.03. The van der Waals surface area contributed by atoms with Crippen LogP contribution in [0.5, 0.6) is 0 Å². The van der Waals surface area contributed by atoms with Crippen LogP contribution in [0.25, 0.3) is 0 Å². The van der Waals surface area contributed by atoms with Crippen molar-refractivity contribution in [3.63, 3.8) is 0 Å². The Morgan fingerprint density at radius 2 is 1.21 bits per heavy atom. The van der Waals surface area contributed by atoms with Crippen molar-refractivity contribution in [2.24, 2.45) is 0 Å². The van der Waals surface area contributed by atoms with Crippen molar-refractivity contribution in [1.82, 2.24) is 0 Å². The summed E-state index contributed by atoms with van der Waals surface area (Å²) in [6.07, 6.45) is 1.27. The molecule has 0 unspecified atom stereocenters. The third-order valence-electron chi connectivity index (χ3n) is 1.28. The van der Waals surface area contributed by atoms with Gasteiger partial charge in [0.15, 0.2) is 0 Å². The van der Waals surface area contributed by atoms with E-state index in [1.807, 2.05) is 0 Å². The van der Waals surface area contributed by atoms with Crippen molar-refractivity contribution >= 4 is 35.1 Å². The molecular formula is C8H12Cl2O4. The van der Waals surface area contributed by atoms with Gasteiger partial charge in [0, 0.05) is 0 Å². The van der Waals surface area contributed by atoms with Crippen molar-refractivity contribution in [3.05, 3.63) is 0 Å². The molecule has 0 saturated heterocycles. The molecule has 0 spiro atoms. The molecule has 0 fully saturated rings. The van der Waals surface area contributed by atoms with Gasteiger partial charge in [-0.05, 0) is 12.8 Å².